The monoisotopic (exact) mass is 324 g/mol. The average molecular weight is 324 g/mol. The van der Waals surface area contributed by atoms with Crippen LogP contribution in [0, 0.1) is 0 Å². The maximum absolute atomic E-state index is 12.4. The molecule has 1 saturated heterocycles. The lowest BCUT2D eigenvalue weighted by atomic mass is 10.3. The largest absolute Gasteiger partial charge is 0.497 e. The lowest BCUT2D eigenvalue weighted by molar-refractivity contribution is -0.138. The Morgan fingerprint density at radius 3 is 2.91 bits per heavy atom. The third-order valence-corrected chi connectivity index (χ3v) is 4.53. The first-order valence-electron chi connectivity index (χ1n) is 6.55. The van der Waals surface area contributed by atoms with Gasteiger partial charge in [-0.1, -0.05) is 6.07 Å². The average Bonchev–Trinajstić information content (AvgIpc) is 2.79. The predicted molar refractivity (Wildman–Crippen MR) is 82.0 cm³/mol. The Bertz CT molecular complexity index is 607. The van der Waals surface area contributed by atoms with Gasteiger partial charge < -0.3 is 15.6 Å². The van der Waals surface area contributed by atoms with Gasteiger partial charge in [0.15, 0.2) is 0 Å². The smallest absolute Gasteiger partial charge is 0.321 e. The molecule has 0 bridgehead atoms. The van der Waals surface area contributed by atoms with Crippen molar-refractivity contribution in [2.75, 3.05) is 17.8 Å². The summed E-state index contributed by atoms with van der Waals surface area (Å²) in [5, 5.41) is 8.14. The molecular formula is C14H16N2O5S. The molecule has 1 aliphatic rings. The van der Waals surface area contributed by atoms with Crippen molar-refractivity contribution < 1.29 is 24.2 Å². The zero-order valence-electron chi connectivity index (χ0n) is 11.9. The van der Waals surface area contributed by atoms with Gasteiger partial charge in [0.1, 0.15) is 11.8 Å². The second-order valence-electron chi connectivity index (χ2n) is 4.74. The fraction of sp³-hybridized carbons (Fsp3) is 0.357. The predicted octanol–water partition coefficient (Wildman–Crippen LogP) is 0.472. The number of rotatable bonds is 6. The normalized spacial score (nSPS) is 19.4. The highest BCUT2D eigenvalue weighted by molar-refractivity contribution is 8.00. The molecule has 0 unspecified atom stereocenters. The van der Waals surface area contributed by atoms with Gasteiger partial charge in [-0.2, -0.15) is 0 Å². The molecule has 118 valence electrons. The van der Waals surface area contributed by atoms with Crippen molar-refractivity contribution in [1.29, 1.82) is 0 Å². The summed E-state index contributed by atoms with van der Waals surface area (Å²) in [4.78, 5) is 36.2. The van der Waals surface area contributed by atoms with E-state index in [1.54, 1.807) is 24.3 Å². The number of nitrogens with two attached hydrogens (primary N) is 1. The number of carboxylic acid groups (broad SMARTS) is 1. The lowest BCUT2D eigenvalue weighted by Gasteiger charge is -2.16. The lowest BCUT2D eigenvalue weighted by Crippen LogP contribution is -2.35. The summed E-state index contributed by atoms with van der Waals surface area (Å²) >= 11 is 1.09. The maximum Gasteiger partial charge on any atom is 0.321 e. The van der Waals surface area contributed by atoms with E-state index >= 15 is 0 Å². The summed E-state index contributed by atoms with van der Waals surface area (Å²) in [5.41, 5.74) is 5.86. The molecule has 2 amide bonds. The molecule has 0 saturated carbocycles. The van der Waals surface area contributed by atoms with Crippen LogP contribution in [0.3, 0.4) is 0 Å². The number of thioether (sulfide) groups is 1. The number of benzene rings is 1. The maximum atomic E-state index is 12.4. The Balaban J connectivity index is 2.10. The third-order valence-electron chi connectivity index (χ3n) is 3.21. The molecule has 1 aliphatic heterocycles. The third kappa shape index (κ3) is 3.40. The van der Waals surface area contributed by atoms with Gasteiger partial charge in [-0.25, -0.2) is 4.90 Å². The first-order chi connectivity index (χ1) is 10.4. The van der Waals surface area contributed by atoms with Crippen molar-refractivity contribution in [1.82, 2.24) is 0 Å². The molecule has 1 fully saturated rings. The Morgan fingerprint density at radius 2 is 2.27 bits per heavy atom. The summed E-state index contributed by atoms with van der Waals surface area (Å²) in [6.45, 7) is 0. The Hall–Kier alpha value is -2.06. The van der Waals surface area contributed by atoms with Crippen molar-refractivity contribution in [3.63, 3.8) is 0 Å². The minimum Gasteiger partial charge on any atom is -0.497 e. The highest BCUT2D eigenvalue weighted by atomic mass is 32.2. The number of amides is 2. The molecule has 0 aliphatic carbocycles. The van der Waals surface area contributed by atoms with Crippen LogP contribution < -0.4 is 15.4 Å². The van der Waals surface area contributed by atoms with E-state index in [-0.39, 0.29) is 24.0 Å². The number of hydrogen-bond donors (Lipinski definition) is 2. The molecule has 2 atom stereocenters. The number of carbonyl (C=O) groups excluding carboxylic acids is 2. The van der Waals surface area contributed by atoms with Gasteiger partial charge in [0, 0.05) is 18.2 Å². The topological polar surface area (TPSA) is 110 Å². The fourth-order valence-electron chi connectivity index (χ4n) is 2.05. The first-order valence-corrected chi connectivity index (χ1v) is 7.59. The number of aliphatic carboxylic acids is 1. The van der Waals surface area contributed by atoms with Crippen LogP contribution in [0.5, 0.6) is 5.75 Å². The number of carbonyl (C=O) groups is 3. The molecule has 3 N–H and O–H groups in total. The van der Waals surface area contributed by atoms with Crippen LogP contribution in [0.4, 0.5) is 5.69 Å². The van der Waals surface area contributed by atoms with E-state index < -0.39 is 17.3 Å². The van der Waals surface area contributed by atoms with E-state index in [4.69, 9.17) is 15.6 Å². The van der Waals surface area contributed by atoms with Gasteiger partial charge in [0.2, 0.25) is 11.8 Å². The Labute approximate surface area is 131 Å². The summed E-state index contributed by atoms with van der Waals surface area (Å²) in [7, 11) is 1.50. The second-order valence-corrected chi connectivity index (χ2v) is 5.98. The molecule has 1 heterocycles. The van der Waals surface area contributed by atoms with Crippen molar-refractivity contribution >= 4 is 35.2 Å². The second kappa shape index (κ2) is 6.80. The van der Waals surface area contributed by atoms with Crippen molar-refractivity contribution in [2.24, 2.45) is 5.73 Å². The number of nitrogens with zero attached hydrogens (tertiary/aromatic N) is 1. The number of imide groups is 1. The number of methoxy groups -OCH3 is 1. The quantitative estimate of drug-likeness (QED) is 0.732. The molecular weight excluding hydrogens is 308 g/mol. The molecule has 1 aromatic carbocycles. The molecule has 1 aromatic rings. The van der Waals surface area contributed by atoms with Crippen LogP contribution >= 0.6 is 11.8 Å². The van der Waals surface area contributed by atoms with Crippen molar-refractivity contribution in [3.05, 3.63) is 24.3 Å². The van der Waals surface area contributed by atoms with Gasteiger partial charge in [-0.15, -0.1) is 11.8 Å². The van der Waals surface area contributed by atoms with Gasteiger partial charge in [-0.05, 0) is 12.1 Å². The van der Waals surface area contributed by atoms with Gasteiger partial charge >= 0.3 is 5.97 Å². The van der Waals surface area contributed by atoms with E-state index in [1.807, 2.05) is 0 Å². The van der Waals surface area contributed by atoms with Gasteiger partial charge in [-0.3, -0.25) is 14.4 Å². The number of anilines is 1. The molecule has 7 nitrogen and oxygen atoms in total. The Morgan fingerprint density at radius 1 is 1.55 bits per heavy atom. The summed E-state index contributed by atoms with van der Waals surface area (Å²) < 4.78 is 5.08. The summed E-state index contributed by atoms with van der Waals surface area (Å²) in [5.74, 6) is -1.19. The minimum atomic E-state index is -1.13. The SMILES string of the molecule is COc1cccc(N2C(=O)C[C@H](SC[C@@H](N)C(=O)O)C2=O)c1. The van der Waals surface area contributed by atoms with Crippen molar-refractivity contribution in [2.45, 2.75) is 17.7 Å². The Kier molecular flexibility index (Phi) is 5.04. The van der Waals surface area contributed by atoms with E-state index in [2.05, 4.69) is 0 Å². The molecule has 0 spiro atoms. The number of hydrogen-bond acceptors (Lipinski definition) is 6. The molecule has 0 aromatic heterocycles. The fourth-order valence-corrected chi connectivity index (χ4v) is 3.14. The van der Waals surface area contributed by atoms with E-state index in [9.17, 15) is 14.4 Å². The summed E-state index contributed by atoms with van der Waals surface area (Å²) in [6.07, 6.45) is 0.0348. The van der Waals surface area contributed by atoms with E-state index in [0.717, 1.165) is 16.7 Å². The standard InChI is InChI=1S/C14H16N2O5S/c1-21-9-4-2-3-8(5-9)16-12(17)6-11(13(16)18)22-7-10(15)14(19)20/h2-5,10-11H,6-7,15H2,1H3,(H,19,20)/t10-,11+/m1/s1. The van der Waals surface area contributed by atoms with Crippen LogP contribution in [0.25, 0.3) is 0 Å². The minimum absolute atomic E-state index is 0.0348. The first kappa shape index (κ1) is 16.3. The van der Waals surface area contributed by atoms with Crippen LogP contribution in [-0.2, 0) is 14.4 Å². The molecule has 8 heteroatoms. The highest BCUT2D eigenvalue weighted by Crippen LogP contribution is 2.31. The number of carboxylic acids is 1. The number of ether oxygens (including phenoxy) is 1. The molecule has 0 radical (unpaired) electrons. The summed E-state index contributed by atoms with van der Waals surface area (Å²) in [6, 6.07) is 5.60. The van der Waals surface area contributed by atoms with Gasteiger partial charge in [0.25, 0.3) is 0 Å². The van der Waals surface area contributed by atoms with Crippen LogP contribution in [0.15, 0.2) is 24.3 Å². The van der Waals surface area contributed by atoms with Gasteiger partial charge in [0.05, 0.1) is 18.0 Å². The van der Waals surface area contributed by atoms with Crippen molar-refractivity contribution in [3.8, 4) is 5.75 Å². The molecule has 22 heavy (non-hydrogen) atoms. The molecule has 2 rings (SSSR count). The van der Waals surface area contributed by atoms with Crippen LogP contribution in [0.2, 0.25) is 0 Å². The van der Waals surface area contributed by atoms with Crippen LogP contribution in [0.1, 0.15) is 6.42 Å². The highest BCUT2D eigenvalue weighted by Gasteiger charge is 2.40. The zero-order valence-corrected chi connectivity index (χ0v) is 12.7. The van der Waals surface area contributed by atoms with Crippen LogP contribution in [-0.4, -0.2) is 47.0 Å². The van der Waals surface area contributed by atoms with E-state index in [0.29, 0.717) is 11.4 Å². The zero-order chi connectivity index (χ0) is 16.3. The van der Waals surface area contributed by atoms with E-state index in [1.165, 1.54) is 7.11 Å².